The highest BCUT2D eigenvalue weighted by molar-refractivity contribution is 5.82. The molecule has 92 valence electrons. The molecule has 4 nitrogen and oxygen atoms in total. The van der Waals surface area contributed by atoms with E-state index in [4.69, 9.17) is 4.74 Å². The third-order valence-electron chi connectivity index (χ3n) is 3.43. The summed E-state index contributed by atoms with van der Waals surface area (Å²) < 4.78 is 5.02. The van der Waals surface area contributed by atoms with Crippen molar-refractivity contribution in [1.29, 1.82) is 0 Å². The second-order valence-electron chi connectivity index (χ2n) is 5.39. The number of methoxy groups -OCH3 is 1. The predicted molar refractivity (Wildman–Crippen MR) is 62.2 cm³/mol. The van der Waals surface area contributed by atoms with Crippen molar-refractivity contribution in [3.8, 4) is 0 Å². The Hall–Kier alpha value is -0.610. The molecule has 4 heteroatoms. The Morgan fingerprint density at radius 3 is 2.38 bits per heavy atom. The van der Waals surface area contributed by atoms with Gasteiger partial charge in [0, 0.05) is 12.6 Å². The molecule has 1 unspecified atom stereocenters. The molecule has 0 saturated heterocycles. The first-order chi connectivity index (χ1) is 7.58. The van der Waals surface area contributed by atoms with Gasteiger partial charge in [0.05, 0.1) is 7.11 Å². The molecule has 2 rings (SSSR count). The van der Waals surface area contributed by atoms with Crippen LogP contribution in [-0.4, -0.2) is 50.2 Å². The number of carbonyl (C=O) groups excluding carboxylic acids is 1. The van der Waals surface area contributed by atoms with Crippen LogP contribution in [0.25, 0.3) is 0 Å². The molecule has 0 aromatic heterocycles. The van der Waals surface area contributed by atoms with Crippen LogP contribution in [-0.2, 0) is 9.53 Å². The third kappa shape index (κ3) is 2.38. The number of carbonyl (C=O) groups is 1. The summed E-state index contributed by atoms with van der Waals surface area (Å²) in [5.74, 6) is 0.374. The number of esters is 1. The van der Waals surface area contributed by atoms with Crippen LogP contribution in [0.4, 0.5) is 0 Å². The molecule has 0 aromatic carbocycles. The molecule has 2 saturated carbocycles. The number of rotatable bonds is 6. The van der Waals surface area contributed by atoms with Crippen LogP contribution >= 0.6 is 0 Å². The lowest BCUT2D eigenvalue weighted by molar-refractivity contribution is -0.150. The largest absolute Gasteiger partial charge is 0.468 e. The Bertz CT molecular complexity index is 266. The minimum absolute atomic E-state index is 0.0874. The molecule has 0 radical (unpaired) electrons. The molecule has 1 N–H and O–H groups in total. The van der Waals surface area contributed by atoms with E-state index in [1.54, 1.807) is 0 Å². The molecule has 2 aliphatic rings. The maximum Gasteiger partial charge on any atom is 0.327 e. The molecule has 0 heterocycles. The minimum atomic E-state index is -0.459. The quantitative estimate of drug-likeness (QED) is 0.674. The first-order valence-corrected chi connectivity index (χ1v) is 6.09. The SMILES string of the molecule is COC(=O)C(CN(C)C)(NC1CC1)C1CC1. The van der Waals surface area contributed by atoms with Crippen molar-refractivity contribution >= 4 is 5.97 Å². The fourth-order valence-corrected chi connectivity index (χ4v) is 2.43. The molecule has 0 amide bonds. The van der Waals surface area contributed by atoms with Crippen molar-refractivity contribution in [1.82, 2.24) is 10.2 Å². The molecule has 1 atom stereocenters. The van der Waals surface area contributed by atoms with E-state index in [2.05, 4.69) is 10.2 Å². The summed E-state index contributed by atoms with van der Waals surface area (Å²) in [6, 6.07) is 0.527. The van der Waals surface area contributed by atoms with Gasteiger partial charge in [0.1, 0.15) is 5.54 Å². The number of ether oxygens (including phenoxy) is 1. The van der Waals surface area contributed by atoms with Crippen LogP contribution < -0.4 is 5.32 Å². The smallest absolute Gasteiger partial charge is 0.327 e. The maximum absolute atomic E-state index is 12.1. The van der Waals surface area contributed by atoms with Crippen LogP contribution in [0.2, 0.25) is 0 Å². The first-order valence-electron chi connectivity index (χ1n) is 6.09. The standard InChI is InChI=1S/C12H22N2O2/c1-14(2)8-12(9-4-5-9,11(15)16-3)13-10-6-7-10/h9-10,13H,4-8H2,1-3H3. The van der Waals surface area contributed by atoms with Gasteiger partial charge in [0.15, 0.2) is 0 Å². The highest BCUT2D eigenvalue weighted by atomic mass is 16.5. The lowest BCUT2D eigenvalue weighted by Gasteiger charge is -2.35. The van der Waals surface area contributed by atoms with Crippen LogP contribution in [0.1, 0.15) is 25.7 Å². The van der Waals surface area contributed by atoms with E-state index in [-0.39, 0.29) is 5.97 Å². The molecule has 0 spiro atoms. The van der Waals surface area contributed by atoms with Gasteiger partial charge >= 0.3 is 5.97 Å². The lowest BCUT2D eigenvalue weighted by atomic mass is 9.92. The van der Waals surface area contributed by atoms with Gasteiger partial charge in [-0.25, -0.2) is 4.79 Å². The van der Waals surface area contributed by atoms with Crippen molar-refractivity contribution in [2.24, 2.45) is 5.92 Å². The Balaban J connectivity index is 2.14. The van der Waals surface area contributed by atoms with Gasteiger partial charge in [-0.2, -0.15) is 0 Å². The highest BCUT2D eigenvalue weighted by Gasteiger charge is 2.53. The highest BCUT2D eigenvalue weighted by Crippen LogP contribution is 2.42. The number of nitrogens with one attached hydrogen (secondary N) is 1. The van der Waals surface area contributed by atoms with Gasteiger partial charge in [0.25, 0.3) is 0 Å². The first kappa shape index (κ1) is 11.9. The second kappa shape index (κ2) is 4.34. The summed E-state index contributed by atoms with van der Waals surface area (Å²) >= 11 is 0. The summed E-state index contributed by atoms with van der Waals surface area (Å²) in [7, 11) is 5.51. The van der Waals surface area contributed by atoms with Crippen LogP contribution in [0.3, 0.4) is 0 Å². The maximum atomic E-state index is 12.1. The van der Waals surface area contributed by atoms with E-state index in [1.807, 2.05) is 14.1 Å². The zero-order valence-corrected chi connectivity index (χ0v) is 10.5. The number of hydrogen-bond acceptors (Lipinski definition) is 4. The van der Waals surface area contributed by atoms with Gasteiger partial charge in [-0.1, -0.05) is 0 Å². The van der Waals surface area contributed by atoms with Crippen LogP contribution in [0.5, 0.6) is 0 Å². The molecular weight excluding hydrogens is 204 g/mol. The average Bonchev–Trinajstić information content (AvgIpc) is 3.05. The molecular formula is C12H22N2O2. The summed E-state index contributed by atoms with van der Waals surface area (Å²) in [6.45, 7) is 0.737. The van der Waals surface area contributed by atoms with E-state index in [1.165, 1.54) is 20.0 Å². The van der Waals surface area contributed by atoms with Crippen molar-refractivity contribution in [2.75, 3.05) is 27.7 Å². The Kier molecular flexibility index (Phi) is 3.22. The Morgan fingerprint density at radius 1 is 1.38 bits per heavy atom. The number of likely N-dealkylation sites (N-methyl/N-ethyl adjacent to an activating group) is 1. The third-order valence-corrected chi connectivity index (χ3v) is 3.43. The summed E-state index contributed by atoms with van der Waals surface area (Å²) in [6.07, 6.45) is 4.67. The van der Waals surface area contributed by atoms with Crippen LogP contribution in [0.15, 0.2) is 0 Å². The molecule has 2 fully saturated rings. The molecule has 16 heavy (non-hydrogen) atoms. The van der Waals surface area contributed by atoms with Gasteiger partial charge in [-0.05, 0) is 45.7 Å². The average molecular weight is 226 g/mol. The molecule has 2 aliphatic carbocycles. The Labute approximate surface area is 97.3 Å². The number of nitrogens with zero attached hydrogens (tertiary/aromatic N) is 1. The lowest BCUT2D eigenvalue weighted by Crippen LogP contribution is -2.61. The normalized spacial score (nSPS) is 24.2. The van der Waals surface area contributed by atoms with Gasteiger partial charge < -0.3 is 9.64 Å². The van der Waals surface area contributed by atoms with Crippen molar-refractivity contribution in [2.45, 2.75) is 37.3 Å². The summed E-state index contributed by atoms with van der Waals surface area (Å²) in [5.41, 5.74) is -0.459. The van der Waals surface area contributed by atoms with E-state index >= 15 is 0 Å². The van der Waals surface area contributed by atoms with E-state index in [0.29, 0.717) is 12.0 Å². The second-order valence-corrected chi connectivity index (χ2v) is 5.39. The fraction of sp³-hybridized carbons (Fsp3) is 0.917. The Morgan fingerprint density at radius 2 is 2.00 bits per heavy atom. The topological polar surface area (TPSA) is 41.6 Å². The van der Waals surface area contributed by atoms with Gasteiger partial charge in [-0.3, -0.25) is 5.32 Å². The van der Waals surface area contributed by atoms with Crippen molar-refractivity contribution < 1.29 is 9.53 Å². The minimum Gasteiger partial charge on any atom is -0.468 e. The fourth-order valence-electron chi connectivity index (χ4n) is 2.43. The number of hydrogen-bond donors (Lipinski definition) is 1. The van der Waals surface area contributed by atoms with E-state index in [0.717, 1.165) is 19.4 Å². The molecule has 0 aromatic rings. The summed E-state index contributed by atoms with van der Waals surface area (Å²) in [4.78, 5) is 14.2. The zero-order chi connectivity index (χ0) is 11.8. The molecule has 0 bridgehead atoms. The van der Waals surface area contributed by atoms with Crippen LogP contribution in [0, 0.1) is 5.92 Å². The zero-order valence-electron chi connectivity index (χ0n) is 10.5. The van der Waals surface area contributed by atoms with Crippen molar-refractivity contribution in [3.63, 3.8) is 0 Å². The molecule has 0 aliphatic heterocycles. The van der Waals surface area contributed by atoms with Gasteiger partial charge in [-0.15, -0.1) is 0 Å². The van der Waals surface area contributed by atoms with E-state index < -0.39 is 5.54 Å². The summed E-state index contributed by atoms with van der Waals surface area (Å²) in [5, 5.41) is 3.53. The van der Waals surface area contributed by atoms with Gasteiger partial charge in [0.2, 0.25) is 0 Å². The van der Waals surface area contributed by atoms with E-state index in [9.17, 15) is 4.79 Å². The monoisotopic (exact) mass is 226 g/mol. The predicted octanol–water partition coefficient (Wildman–Crippen LogP) is 0.622. The van der Waals surface area contributed by atoms with Crippen molar-refractivity contribution in [3.05, 3.63) is 0 Å².